The average Bonchev–Trinajstić information content (AvgIpc) is 3.02. The van der Waals surface area contributed by atoms with Gasteiger partial charge < -0.3 is 9.47 Å². The van der Waals surface area contributed by atoms with Crippen LogP contribution >= 0.6 is 0 Å². The Bertz CT molecular complexity index is 886. The highest BCUT2D eigenvalue weighted by molar-refractivity contribution is 5.79. The Morgan fingerprint density at radius 1 is 0.968 bits per heavy atom. The van der Waals surface area contributed by atoms with Crippen molar-refractivity contribution in [1.29, 1.82) is 0 Å². The van der Waals surface area contributed by atoms with Crippen molar-refractivity contribution in [1.82, 2.24) is 5.48 Å². The van der Waals surface area contributed by atoms with E-state index in [2.05, 4.69) is 29.7 Å². The molecule has 1 atom stereocenters. The zero-order valence-electron chi connectivity index (χ0n) is 18.8. The fraction of sp³-hybridized carbons (Fsp3) is 0.440. The summed E-state index contributed by atoms with van der Waals surface area (Å²) in [5, 5.41) is 0. The Balaban J connectivity index is 1.60. The fourth-order valence-corrected chi connectivity index (χ4v) is 3.74. The molecule has 0 saturated heterocycles. The van der Waals surface area contributed by atoms with E-state index in [1.807, 2.05) is 38.1 Å². The topological polar surface area (TPSA) is 73.9 Å². The largest absolute Gasteiger partial charge is 0.458 e. The average molecular weight is 426 g/mol. The molecule has 1 aliphatic carbocycles. The van der Waals surface area contributed by atoms with Gasteiger partial charge in [-0.15, -0.1) is 0 Å². The maximum absolute atomic E-state index is 12.4. The maximum Gasteiger partial charge on any atom is 0.431 e. The Labute approximate surface area is 183 Å². The van der Waals surface area contributed by atoms with Gasteiger partial charge in [-0.2, -0.15) is 5.48 Å². The van der Waals surface area contributed by atoms with Crippen molar-refractivity contribution in [2.75, 3.05) is 6.61 Å². The van der Waals surface area contributed by atoms with E-state index >= 15 is 0 Å². The summed E-state index contributed by atoms with van der Waals surface area (Å²) < 4.78 is 10.8. The van der Waals surface area contributed by atoms with Gasteiger partial charge in [-0.1, -0.05) is 62.4 Å². The molecule has 1 amide bonds. The second-order valence-electron chi connectivity index (χ2n) is 9.20. The lowest BCUT2D eigenvalue weighted by molar-refractivity contribution is -0.173. The lowest BCUT2D eigenvalue weighted by Gasteiger charge is -2.24. The first-order valence-corrected chi connectivity index (χ1v) is 10.6. The second-order valence-corrected chi connectivity index (χ2v) is 9.20. The molecule has 0 spiro atoms. The summed E-state index contributed by atoms with van der Waals surface area (Å²) in [4.78, 5) is 30.1. The Morgan fingerprint density at radius 2 is 1.52 bits per heavy atom. The SMILES string of the molecule is CC(C)C[C@@H](ONC(=O)OCC1c2ccccc2-c2ccccc21)C(=O)OC(C)(C)C. The third-order valence-electron chi connectivity index (χ3n) is 4.98. The van der Waals surface area contributed by atoms with Crippen LogP contribution in [-0.4, -0.2) is 30.4 Å². The summed E-state index contributed by atoms with van der Waals surface area (Å²) in [6.45, 7) is 9.47. The summed E-state index contributed by atoms with van der Waals surface area (Å²) >= 11 is 0. The number of fused-ring (bicyclic) bond motifs is 3. The number of ether oxygens (including phenoxy) is 2. The third-order valence-corrected chi connectivity index (χ3v) is 4.98. The summed E-state index contributed by atoms with van der Waals surface area (Å²) in [5.74, 6) is -0.377. The molecule has 0 radical (unpaired) electrons. The van der Waals surface area contributed by atoms with Gasteiger partial charge in [-0.3, -0.25) is 4.84 Å². The van der Waals surface area contributed by atoms with Crippen molar-refractivity contribution in [2.24, 2.45) is 5.92 Å². The van der Waals surface area contributed by atoms with Crippen LogP contribution in [0.2, 0.25) is 0 Å². The van der Waals surface area contributed by atoms with Gasteiger partial charge in [0.15, 0.2) is 6.10 Å². The molecular weight excluding hydrogens is 394 g/mol. The summed E-state index contributed by atoms with van der Waals surface area (Å²) in [6.07, 6.45) is -1.22. The maximum atomic E-state index is 12.4. The number of rotatable bonds is 7. The van der Waals surface area contributed by atoms with Gasteiger partial charge in [0.05, 0.1) is 0 Å². The molecule has 0 fully saturated rings. The Kier molecular flexibility index (Phi) is 7.01. The van der Waals surface area contributed by atoms with Crippen molar-refractivity contribution in [3.63, 3.8) is 0 Å². The standard InChI is InChI=1S/C25H31NO5/c1-16(2)14-22(23(27)30-25(3,4)5)31-26-24(28)29-15-21-19-12-8-6-10-17(19)18-11-7-9-13-20(18)21/h6-13,16,21-22H,14-15H2,1-5H3,(H,26,28)/t22-/m1/s1. The first-order chi connectivity index (χ1) is 14.7. The molecule has 1 N–H and O–H groups in total. The number of carbonyl (C=O) groups excluding carboxylic acids is 2. The molecule has 2 aromatic carbocycles. The van der Waals surface area contributed by atoms with Gasteiger partial charge in [0, 0.05) is 5.92 Å². The lowest BCUT2D eigenvalue weighted by Crippen LogP contribution is -2.39. The van der Waals surface area contributed by atoms with Gasteiger partial charge in [-0.25, -0.2) is 9.59 Å². The summed E-state index contributed by atoms with van der Waals surface area (Å²) in [6, 6.07) is 16.2. The van der Waals surface area contributed by atoms with Crippen molar-refractivity contribution in [3.05, 3.63) is 59.7 Å². The monoisotopic (exact) mass is 425 g/mol. The number of carbonyl (C=O) groups is 2. The summed E-state index contributed by atoms with van der Waals surface area (Å²) in [7, 11) is 0. The van der Waals surface area contributed by atoms with Crippen molar-refractivity contribution in [2.45, 2.75) is 58.7 Å². The smallest absolute Gasteiger partial charge is 0.431 e. The van der Waals surface area contributed by atoms with Crippen LogP contribution in [0, 0.1) is 5.92 Å². The number of benzene rings is 2. The molecule has 6 nitrogen and oxygen atoms in total. The predicted molar refractivity (Wildman–Crippen MR) is 118 cm³/mol. The molecule has 0 heterocycles. The number of nitrogens with one attached hydrogen (secondary N) is 1. The molecule has 0 aliphatic heterocycles. The van der Waals surface area contributed by atoms with Crippen molar-refractivity contribution in [3.8, 4) is 11.1 Å². The van der Waals surface area contributed by atoms with E-state index in [-0.39, 0.29) is 18.4 Å². The molecule has 0 unspecified atom stereocenters. The molecular formula is C25H31NO5. The van der Waals surface area contributed by atoms with E-state index in [0.717, 1.165) is 22.3 Å². The van der Waals surface area contributed by atoms with E-state index in [1.165, 1.54) is 0 Å². The van der Waals surface area contributed by atoms with Crippen LogP contribution in [0.15, 0.2) is 48.5 Å². The zero-order chi connectivity index (χ0) is 22.6. The van der Waals surface area contributed by atoms with Crippen LogP contribution in [0.4, 0.5) is 4.79 Å². The van der Waals surface area contributed by atoms with Gasteiger partial charge in [0.1, 0.15) is 12.2 Å². The highest BCUT2D eigenvalue weighted by atomic mass is 16.7. The van der Waals surface area contributed by atoms with Crippen LogP contribution in [0.5, 0.6) is 0 Å². The van der Waals surface area contributed by atoms with Crippen LogP contribution in [-0.2, 0) is 19.1 Å². The van der Waals surface area contributed by atoms with Gasteiger partial charge in [0.2, 0.25) is 0 Å². The van der Waals surface area contributed by atoms with E-state index in [0.29, 0.717) is 6.42 Å². The molecule has 31 heavy (non-hydrogen) atoms. The van der Waals surface area contributed by atoms with Crippen LogP contribution < -0.4 is 5.48 Å². The van der Waals surface area contributed by atoms with Gasteiger partial charge >= 0.3 is 12.1 Å². The minimum atomic E-state index is -0.903. The minimum absolute atomic E-state index is 0.0459. The molecule has 0 aromatic heterocycles. The number of hydrogen-bond donors (Lipinski definition) is 1. The Morgan fingerprint density at radius 3 is 2.03 bits per heavy atom. The first kappa shape index (κ1) is 22.8. The molecule has 6 heteroatoms. The number of hydrogen-bond acceptors (Lipinski definition) is 5. The van der Waals surface area contributed by atoms with Crippen LogP contribution in [0.3, 0.4) is 0 Å². The normalized spacial score (nSPS) is 14.0. The van der Waals surface area contributed by atoms with Crippen LogP contribution in [0.1, 0.15) is 58.1 Å². The van der Waals surface area contributed by atoms with E-state index in [4.69, 9.17) is 14.3 Å². The molecule has 2 aromatic rings. The number of hydroxylamine groups is 1. The van der Waals surface area contributed by atoms with Crippen molar-refractivity contribution < 1.29 is 23.9 Å². The first-order valence-electron chi connectivity index (χ1n) is 10.6. The zero-order valence-corrected chi connectivity index (χ0v) is 18.8. The van der Waals surface area contributed by atoms with E-state index in [1.54, 1.807) is 20.8 Å². The fourth-order valence-electron chi connectivity index (χ4n) is 3.74. The quantitative estimate of drug-likeness (QED) is 0.487. The molecule has 0 saturated carbocycles. The highest BCUT2D eigenvalue weighted by Gasteiger charge is 2.30. The third kappa shape index (κ3) is 5.85. The van der Waals surface area contributed by atoms with E-state index in [9.17, 15) is 9.59 Å². The Hall–Kier alpha value is -2.86. The number of amides is 1. The molecule has 1 aliphatic rings. The molecule has 0 bridgehead atoms. The van der Waals surface area contributed by atoms with Gasteiger partial charge in [-0.05, 0) is 55.4 Å². The van der Waals surface area contributed by atoms with Crippen LogP contribution in [0.25, 0.3) is 11.1 Å². The molecule has 166 valence electrons. The lowest BCUT2D eigenvalue weighted by atomic mass is 9.98. The number of esters is 1. The van der Waals surface area contributed by atoms with Crippen molar-refractivity contribution >= 4 is 12.1 Å². The predicted octanol–water partition coefficient (Wildman–Crippen LogP) is 5.21. The molecule has 3 rings (SSSR count). The van der Waals surface area contributed by atoms with Gasteiger partial charge in [0.25, 0.3) is 0 Å². The van der Waals surface area contributed by atoms with E-state index < -0.39 is 23.8 Å². The second kappa shape index (κ2) is 9.52. The highest BCUT2D eigenvalue weighted by Crippen LogP contribution is 2.44. The minimum Gasteiger partial charge on any atom is -0.458 e. The summed E-state index contributed by atoms with van der Waals surface area (Å²) in [5.41, 5.74) is 6.20.